The normalized spacial score (nSPS) is 11.6. The van der Waals surface area contributed by atoms with Crippen molar-refractivity contribution in [3.8, 4) is 11.5 Å². The van der Waals surface area contributed by atoms with Crippen LogP contribution in [0.4, 0.5) is 0 Å². The topological polar surface area (TPSA) is 76.7 Å². The third-order valence-corrected chi connectivity index (χ3v) is 4.84. The molecule has 6 nitrogen and oxygen atoms in total. The predicted octanol–water partition coefficient (Wildman–Crippen LogP) is 4.25. The Kier molecular flexibility index (Phi) is 6.95. The van der Waals surface area contributed by atoms with Crippen LogP contribution >= 0.6 is 27.5 Å². The molecule has 29 heavy (non-hydrogen) atoms. The van der Waals surface area contributed by atoms with E-state index in [2.05, 4.69) is 26.8 Å². The van der Waals surface area contributed by atoms with Crippen LogP contribution in [0, 0.1) is 0 Å². The molecule has 1 unspecified atom stereocenters. The summed E-state index contributed by atoms with van der Waals surface area (Å²) in [5.74, 6) is 0.0229. The number of amides is 2. The molecule has 0 aliphatic carbocycles. The van der Waals surface area contributed by atoms with Gasteiger partial charge in [-0.25, -0.2) is 0 Å². The minimum Gasteiger partial charge on any atom is -0.484 e. The molecule has 3 aromatic rings. The first-order chi connectivity index (χ1) is 13.9. The van der Waals surface area contributed by atoms with Crippen molar-refractivity contribution in [2.24, 2.45) is 0 Å². The van der Waals surface area contributed by atoms with Gasteiger partial charge in [-0.3, -0.25) is 20.4 Å². The lowest BCUT2D eigenvalue weighted by molar-refractivity contribution is -0.133. The molecule has 0 saturated carbocycles. The van der Waals surface area contributed by atoms with Crippen molar-refractivity contribution in [3.05, 3.63) is 70.2 Å². The molecule has 0 heterocycles. The van der Waals surface area contributed by atoms with Gasteiger partial charge in [0.05, 0.1) is 4.47 Å². The van der Waals surface area contributed by atoms with Gasteiger partial charge in [-0.05, 0) is 64.0 Å². The molecule has 0 spiro atoms. The van der Waals surface area contributed by atoms with Crippen LogP contribution in [0.3, 0.4) is 0 Å². The highest BCUT2D eigenvalue weighted by atomic mass is 79.9. The molecule has 0 fully saturated rings. The second kappa shape index (κ2) is 9.62. The molecule has 1 atom stereocenters. The summed E-state index contributed by atoms with van der Waals surface area (Å²) in [5.41, 5.74) is 4.62. The number of hydrogen-bond acceptors (Lipinski definition) is 4. The summed E-state index contributed by atoms with van der Waals surface area (Å²) < 4.78 is 11.7. The number of benzene rings is 3. The van der Waals surface area contributed by atoms with Crippen molar-refractivity contribution in [2.45, 2.75) is 13.0 Å². The Hall–Kier alpha value is -2.77. The Labute approximate surface area is 181 Å². The Bertz CT molecular complexity index is 1040. The van der Waals surface area contributed by atoms with E-state index in [0.717, 1.165) is 10.8 Å². The van der Waals surface area contributed by atoms with Crippen molar-refractivity contribution in [3.63, 3.8) is 0 Å². The van der Waals surface area contributed by atoms with Gasteiger partial charge in [0.2, 0.25) is 0 Å². The average molecular weight is 478 g/mol. The number of hydrazine groups is 1. The van der Waals surface area contributed by atoms with E-state index in [9.17, 15) is 9.59 Å². The van der Waals surface area contributed by atoms with Crippen molar-refractivity contribution in [2.75, 3.05) is 6.61 Å². The fourth-order valence-corrected chi connectivity index (χ4v) is 3.27. The maximum Gasteiger partial charge on any atom is 0.279 e. The Balaban J connectivity index is 1.45. The zero-order chi connectivity index (χ0) is 20.8. The van der Waals surface area contributed by atoms with Gasteiger partial charge in [0.25, 0.3) is 11.8 Å². The number of nitrogens with one attached hydrogen (secondary N) is 2. The number of carbonyl (C=O) groups is 2. The lowest BCUT2D eigenvalue weighted by atomic mass is 10.1. The molecule has 0 aliphatic rings. The smallest absolute Gasteiger partial charge is 0.279 e. The van der Waals surface area contributed by atoms with E-state index in [1.807, 2.05) is 36.4 Å². The molecule has 0 aromatic heterocycles. The van der Waals surface area contributed by atoms with Crippen LogP contribution in [-0.2, 0) is 9.59 Å². The Morgan fingerprint density at radius 2 is 1.79 bits per heavy atom. The van der Waals surface area contributed by atoms with E-state index >= 15 is 0 Å². The van der Waals surface area contributed by atoms with Gasteiger partial charge in [0.15, 0.2) is 12.7 Å². The van der Waals surface area contributed by atoms with Gasteiger partial charge in [-0.15, -0.1) is 0 Å². The second-order valence-electron chi connectivity index (χ2n) is 6.17. The molecule has 2 N–H and O–H groups in total. The first-order valence-corrected chi connectivity index (χ1v) is 9.91. The van der Waals surface area contributed by atoms with Gasteiger partial charge >= 0.3 is 0 Å². The van der Waals surface area contributed by atoms with E-state index in [4.69, 9.17) is 21.1 Å². The number of halogens is 2. The van der Waals surface area contributed by atoms with Gasteiger partial charge in [0.1, 0.15) is 11.5 Å². The van der Waals surface area contributed by atoms with Crippen LogP contribution in [0.15, 0.2) is 65.1 Å². The minimum absolute atomic E-state index is 0.239. The summed E-state index contributed by atoms with van der Waals surface area (Å²) >= 11 is 9.20. The summed E-state index contributed by atoms with van der Waals surface area (Å²) in [7, 11) is 0. The molecule has 0 saturated heterocycles. The van der Waals surface area contributed by atoms with Crippen LogP contribution in [0.1, 0.15) is 6.92 Å². The van der Waals surface area contributed by atoms with Gasteiger partial charge in [0, 0.05) is 5.02 Å². The SMILES string of the molecule is CC(Oc1ccc(Cl)cc1Br)C(=O)NNC(=O)COc1ccc2ccccc2c1. The van der Waals surface area contributed by atoms with Crippen LogP contribution in [-0.4, -0.2) is 24.5 Å². The zero-order valence-corrected chi connectivity index (χ0v) is 17.8. The number of ether oxygens (including phenoxy) is 2. The first kappa shape index (κ1) is 21.0. The van der Waals surface area contributed by atoms with E-state index in [0.29, 0.717) is 21.0 Å². The maximum absolute atomic E-state index is 12.1. The standard InChI is InChI=1S/C21H18BrClN2O4/c1-13(29-19-9-7-16(23)11-18(19)22)21(27)25-24-20(26)12-28-17-8-6-14-4-2-3-5-15(14)10-17/h2-11,13H,12H2,1H3,(H,24,26)(H,25,27). The Morgan fingerprint density at radius 3 is 2.55 bits per heavy atom. The molecule has 150 valence electrons. The molecular formula is C21H18BrClN2O4. The number of rotatable bonds is 6. The molecule has 0 bridgehead atoms. The second-order valence-corrected chi connectivity index (χ2v) is 7.46. The fourth-order valence-electron chi connectivity index (χ4n) is 2.49. The lowest BCUT2D eigenvalue weighted by Gasteiger charge is -2.16. The maximum atomic E-state index is 12.1. The van der Waals surface area contributed by atoms with E-state index in [1.54, 1.807) is 31.2 Å². The third-order valence-electron chi connectivity index (χ3n) is 3.98. The fraction of sp³-hybridized carbons (Fsp3) is 0.143. The summed E-state index contributed by atoms with van der Waals surface area (Å²) in [6, 6.07) is 18.3. The van der Waals surface area contributed by atoms with E-state index < -0.39 is 17.9 Å². The van der Waals surface area contributed by atoms with Crippen LogP contribution in [0.5, 0.6) is 11.5 Å². The largest absolute Gasteiger partial charge is 0.484 e. The van der Waals surface area contributed by atoms with E-state index in [1.165, 1.54) is 0 Å². The van der Waals surface area contributed by atoms with Gasteiger partial charge in [-0.2, -0.15) is 0 Å². The molecule has 0 aliphatic heterocycles. The van der Waals surface area contributed by atoms with Crippen molar-refractivity contribution in [1.29, 1.82) is 0 Å². The minimum atomic E-state index is -0.839. The molecule has 8 heteroatoms. The monoisotopic (exact) mass is 476 g/mol. The zero-order valence-electron chi connectivity index (χ0n) is 15.4. The number of carbonyl (C=O) groups excluding carboxylic acids is 2. The molecule has 3 rings (SSSR count). The number of fused-ring (bicyclic) bond motifs is 1. The third kappa shape index (κ3) is 5.85. The van der Waals surface area contributed by atoms with Crippen LogP contribution < -0.4 is 20.3 Å². The first-order valence-electron chi connectivity index (χ1n) is 8.74. The predicted molar refractivity (Wildman–Crippen MR) is 115 cm³/mol. The summed E-state index contributed by atoms with van der Waals surface area (Å²) in [6.07, 6.45) is -0.839. The average Bonchev–Trinajstić information content (AvgIpc) is 2.72. The molecule has 3 aromatic carbocycles. The number of hydrogen-bond donors (Lipinski definition) is 2. The highest BCUT2D eigenvalue weighted by molar-refractivity contribution is 9.10. The highest BCUT2D eigenvalue weighted by Crippen LogP contribution is 2.28. The molecular weight excluding hydrogens is 460 g/mol. The van der Waals surface area contributed by atoms with Gasteiger partial charge in [-0.1, -0.05) is 41.9 Å². The van der Waals surface area contributed by atoms with Crippen LogP contribution in [0.2, 0.25) is 5.02 Å². The van der Waals surface area contributed by atoms with Crippen molar-refractivity contribution < 1.29 is 19.1 Å². The highest BCUT2D eigenvalue weighted by Gasteiger charge is 2.17. The summed E-state index contributed by atoms with van der Waals surface area (Å²) in [5, 5.41) is 2.64. The van der Waals surface area contributed by atoms with Crippen molar-refractivity contribution in [1.82, 2.24) is 10.9 Å². The van der Waals surface area contributed by atoms with E-state index in [-0.39, 0.29) is 6.61 Å². The van der Waals surface area contributed by atoms with Crippen LogP contribution in [0.25, 0.3) is 10.8 Å². The lowest BCUT2D eigenvalue weighted by Crippen LogP contribution is -2.48. The summed E-state index contributed by atoms with van der Waals surface area (Å²) in [4.78, 5) is 24.1. The van der Waals surface area contributed by atoms with Crippen molar-refractivity contribution >= 4 is 50.1 Å². The summed E-state index contributed by atoms with van der Waals surface area (Å²) in [6.45, 7) is 1.32. The Morgan fingerprint density at radius 1 is 1.03 bits per heavy atom. The quantitative estimate of drug-likeness (QED) is 0.521. The molecule has 0 radical (unpaired) electrons. The molecule has 2 amide bonds. The van der Waals surface area contributed by atoms with Gasteiger partial charge < -0.3 is 9.47 Å².